The van der Waals surface area contributed by atoms with E-state index in [9.17, 15) is 4.79 Å². The fourth-order valence-electron chi connectivity index (χ4n) is 3.59. The average Bonchev–Trinajstić information content (AvgIpc) is 3.16. The molecule has 1 N–H and O–H groups in total. The van der Waals surface area contributed by atoms with Gasteiger partial charge in [-0.2, -0.15) is 0 Å². The summed E-state index contributed by atoms with van der Waals surface area (Å²) in [5.74, 6) is 0.665. The van der Waals surface area contributed by atoms with Crippen molar-refractivity contribution in [3.05, 3.63) is 87.2 Å². The van der Waals surface area contributed by atoms with Crippen molar-refractivity contribution in [2.75, 3.05) is 11.9 Å². The fourth-order valence-corrected chi connectivity index (χ4v) is 5.33. The summed E-state index contributed by atoms with van der Waals surface area (Å²) in [6, 6.07) is 15.4. The molecule has 2 aromatic carbocycles. The van der Waals surface area contributed by atoms with Gasteiger partial charge in [-0.15, -0.1) is 11.3 Å². The van der Waals surface area contributed by atoms with Crippen LogP contribution in [-0.2, 0) is 12.8 Å². The van der Waals surface area contributed by atoms with E-state index in [2.05, 4.69) is 27.8 Å². The molecule has 0 saturated carbocycles. The number of nitrogens with one attached hydrogen (secondary N) is 1. The first-order chi connectivity index (χ1) is 15.2. The van der Waals surface area contributed by atoms with Gasteiger partial charge in [0.2, 0.25) is 0 Å². The number of rotatable bonds is 7. The first-order valence-electron chi connectivity index (χ1n) is 10.2. The lowest BCUT2D eigenvalue weighted by Gasteiger charge is -2.12. The van der Waals surface area contributed by atoms with Gasteiger partial charge < -0.3 is 10.1 Å². The van der Waals surface area contributed by atoms with Gasteiger partial charge in [-0.1, -0.05) is 30.9 Å². The quantitative estimate of drug-likeness (QED) is 0.285. The lowest BCUT2D eigenvalue weighted by atomic mass is 9.95. The zero-order chi connectivity index (χ0) is 21.6. The first-order valence-corrected chi connectivity index (χ1v) is 11.8. The number of carbonyl (C=O) groups is 1. The van der Waals surface area contributed by atoms with Crippen LogP contribution < -0.4 is 10.1 Å². The van der Waals surface area contributed by atoms with Crippen LogP contribution in [0.2, 0.25) is 0 Å². The number of hydrogen-bond donors (Lipinski definition) is 1. The van der Waals surface area contributed by atoms with Crippen molar-refractivity contribution in [2.45, 2.75) is 25.7 Å². The Bertz CT molecular complexity index is 1120. The molecule has 6 heteroatoms. The van der Waals surface area contributed by atoms with Crippen molar-refractivity contribution in [2.24, 2.45) is 4.99 Å². The fraction of sp³-hybridized carbons (Fsp3) is 0.200. The van der Waals surface area contributed by atoms with Gasteiger partial charge in [0.15, 0.2) is 0 Å². The Kier molecular flexibility index (Phi) is 6.99. The van der Waals surface area contributed by atoms with E-state index in [0.29, 0.717) is 12.2 Å². The van der Waals surface area contributed by atoms with Gasteiger partial charge in [0.1, 0.15) is 17.4 Å². The van der Waals surface area contributed by atoms with E-state index in [-0.39, 0.29) is 5.91 Å². The highest BCUT2D eigenvalue weighted by Crippen LogP contribution is 2.40. The number of amides is 1. The van der Waals surface area contributed by atoms with Crippen molar-refractivity contribution in [3.63, 3.8) is 0 Å². The zero-order valence-electron chi connectivity index (χ0n) is 17.1. The van der Waals surface area contributed by atoms with Crippen LogP contribution in [0.4, 0.5) is 10.7 Å². The van der Waals surface area contributed by atoms with Crippen molar-refractivity contribution in [3.8, 4) is 5.75 Å². The SMILES string of the molecule is C=CCOc1ccc(C=Nc2sc3c(c2C(=O)Nc2ccccc2)CCCC3)cc1Br. The molecule has 3 aromatic rings. The Morgan fingerprint density at radius 2 is 2.00 bits per heavy atom. The Morgan fingerprint density at radius 1 is 1.19 bits per heavy atom. The van der Waals surface area contributed by atoms with Gasteiger partial charge in [-0.25, -0.2) is 4.99 Å². The molecule has 1 aliphatic carbocycles. The predicted octanol–water partition coefficient (Wildman–Crippen LogP) is 6.96. The van der Waals surface area contributed by atoms with E-state index >= 15 is 0 Å². The predicted molar refractivity (Wildman–Crippen MR) is 132 cm³/mol. The highest BCUT2D eigenvalue weighted by atomic mass is 79.9. The molecule has 1 heterocycles. The van der Waals surface area contributed by atoms with Crippen LogP contribution in [0.5, 0.6) is 5.75 Å². The van der Waals surface area contributed by atoms with Gasteiger partial charge in [0, 0.05) is 16.8 Å². The molecule has 4 nitrogen and oxygen atoms in total. The molecule has 0 atom stereocenters. The smallest absolute Gasteiger partial charge is 0.259 e. The Morgan fingerprint density at radius 3 is 2.77 bits per heavy atom. The summed E-state index contributed by atoms with van der Waals surface area (Å²) in [5, 5.41) is 3.80. The topological polar surface area (TPSA) is 50.7 Å². The Labute approximate surface area is 194 Å². The minimum Gasteiger partial charge on any atom is -0.488 e. The van der Waals surface area contributed by atoms with Crippen molar-refractivity contribution < 1.29 is 9.53 Å². The number of fused-ring (bicyclic) bond motifs is 1. The van der Waals surface area contributed by atoms with Gasteiger partial charge in [0.25, 0.3) is 5.91 Å². The molecule has 4 rings (SSSR count). The third-order valence-corrected chi connectivity index (χ3v) is 6.87. The van der Waals surface area contributed by atoms with E-state index in [1.54, 1.807) is 23.6 Å². The first kappa shape index (κ1) is 21.5. The maximum Gasteiger partial charge on any atom is 0.259 e. The van der Waals surface area contributed by atoms with Crippen LogP contribution >= 0.6 is 27.3 Å². The molecule has 0 unspecified atom stereocenters. The Balaban J connectivity index is 1.62. The number of aryl methyl sites for hydroxylation is 1. The number of hydrogen-bond acceptors (Lipinski definition) is 4. The van der Waals surface area contributed by atoms with E-state index in [4.69, 9.17) is 9.73 Å². The summed E-state index contributed by atoms with van der Waals surface area (Å²) < 4.78 is 6.46. The summed E-state index contributed by atoms with van der Waals surface area (Å²) in [6.45, 7) is 4.12. The molecule has 0 saturated heterocycles. The van der Waals surface area contributed by atoms with Crippen molar-refractivity contribution in [1.29, 1.82) is 0 Å². The van der Waals surface area contributed by atoms with Crippen LogP contribution in [0, 0.1) is 0 Å². The third-order valence-electron chi connectivity index (χ3n) is 5.05. The molecule has 158 valence electrons. The molecular formula is C25H23BrN2O2S. The zero-order valence-corrected chi connectivity index (χ0v) is 19.5. The van der Waals surface area contributed by atoms with Crippen LogP contribution in [0.25, 0.3) is 0 Å². The van der Waals surface area contributed by atoms with Crippen molar-refractivity contribution >= 4 is 50.1 Å². The average molecular weight is 495 g/mol. The molecule has 0 fully saturated rings. The maximum atomic E-state index is 13.2. The van der Waals surface area contributed by atoms with Gasteiger partial charge >= 0.3 is 0 Å². The molecule has 1 aliphatic rings. The molecule has 0 aliphatic heterocycles. The molecular weight excluding hydrogens is 472 g/mol. The van der Waals surface area contributed by atoms with Crippen molar-refractivity contribution in [1.82, 2.24) is 0 Å². The lowest BCUT2D eigenvalue weighted by molar-refractivity contribution is 0.102. The number of nitrogens with zero attached hydrogens (tertiary/aromatic N) is 1. The molecule has 0 radical (unpaired) electrons. The monoisotopic (exact) mass is 494 g/mol. The highest BCUT2D eigenvalue weighted by molar-refractivity contribution is 9.10. The number of aliphatic imine (C=N–C) groups is 1. The number of ether oxygens (including phenoxy) is 1. The van der Waals surface area contributed by atoms with E-state index in [1.165, 1.54) is 4.88 Å². The lowest BCUT2D eigenvalue weighted by Crippen LogP contribution is -2.14. The standard InChI is InChI=1S/C25H23BrN2O2S/c1-2-14-30-21-13-12-17(15-20(21)26)16-27-25-23(19-10-6-7-11-22(19)31-25)24(29)28-18-8-4-3-5-9-18/h2-5,8-9,12-13,15-16H,1,6-7,10-11,14H2,(H,28,29). The second kappa shape index (κ2) is 10.1. The second-order valence-corrected chi connectivity index (χ2v) is 9.20. The van der Waals surface area contributed by atoms with E-state index < -0.39 is 0 Å². The highest BCUT2D eigenvalue weighted by Gasteiger charge is 2.25. The Hall–Kier alpha value is -2.70. The van der Waals surface area contributed by atoms with E-state index in [1.807, 2.05) is 48.5 Å². The largest absolute Gasteiger partial charge is 0.488 e. The number of carbonyl (C=O) groups excluding carboxylic acids is 1. The number of para-hydroxylation sites is 1. The number of benzene rings is 2. The van der Waals surface area contributed by atoms with Gasteiger partial charge in [0.05, 0.1) is 10.0 Å². The molecule has 0 spiro atoms. The molecule has 31 heavy (non-hydrogen) atoms. The second-order valence-electron chi connectivity index (χ2n) is 7.26. The number of halogens is 1. The minimum absolute atomic E-state index is 0.0906. The summed E-state index contributed by atoms with van der Waals surface area (Å²) in [7, 11) is 0. The number of thiophene rings is 1. The summed E-state index contributed by atoms with van der Waals surface area (Å²) in [5.41, 5.74) is 3.59. The molecule has 1 aromatic heterocycles. The van der Waals surface area contributed by atoms with Gasteiger partial charge in [-0.3, -0.25) is 4.79 Å². The summed E-state index contributed by atoms with van der Waals surface area (Å²) in [4.78, 5) is 19.2. The molecule has 0 bridgehead atoms. The van der Waals surface area contributed by atoms with Crippen LogP contribution in [0.3, 0.4) is 0 Å². The summed E-state index contributed by atoms with van der Waals surface area (Å²) in [6.07, 6.45) is 7.73. The number of anilines is 1. The maximum absolute atomic E-state index is 13.2. The minimum atomic E-state index is -0.0906. The molecule has 1 amide bonds. The third kappa shape index (κ3) is 5.14. The van der Waals surface area contributed by atoms with E-state index in [0.717, 1.165) is 57.7 Å². The summed E-state index contributed by atoms with van der Waals surface area (Å²) >= 11 is 5.17. The normalized spacial score (nSPS) is 13.1. The van der Waals surface area contributed by atoms with Crippen LogP contribution in [0.1, 0.15) is 39.2 Å². The van der Waals surface area contributed by atoms with Gasteiger partial charge in [-0.05, 0) is 83.1 Å². The van der Waals surface area contributed by atoms with Crippen LogP contribution in [0.15, 0.2) is 70.7 Å². The van der Waals surface area contributed by atoms with Crippen LogP contribution in [-0.4, -0.2) is 18.7 Å².